The highest BCUT2D eigenvalue weighted by Crippen LogP contribution is 2.08. The third kappa shape index (κ3) is 1.84. The van der Waals surface area contributed by atoms with Crippen molar-refractivity contribution in [3.63, 3.8) is 0 Å². The molecule has 0 fully saturated rings. The third-order valence-corrected chi connectivity index (χ3v) is 1.91. The number of methoxy groups -OCH3 is 1. The van der Waals surface area contributed by atoms with Crippen molar-refractivity contribution in [1.29, 1.82) is 0 Å². The standard InChI is InChI=1S/C10H14NO/c1-9(12-3)11(2)10-7-5-4-6-8-10/h4-8H,1-3H3/q+1. The molecular weight excluding hydrogens is 150 g/mol. The molecule has 0 unspecified atom stereocenters. The van der Waals surface area contributed by atoms with Crippen LogP contribution in [0.3, 0.4) is 0 Å². The molecule has 0 heterocycles. The summed E-state index contributed by atoms with van der Waals surface area (Å²) in [6, 6.07) is 10.1. The first kappa shape index (κ1) is 8.78. The number of rotatable bonds is 1. The van der Waals surface area contributed by atoms with E-state index in [1.165, 1.54) is 0 Å². The monoisotopic (exact) mass is 164 g/mol. The number of para-hydroxylation sites is 1. The molecule has 0 aliphatic heterocycles. The Bertz CT molecular complexity index is 277. The first-order chi connectivity index (χ1) is 5.75. The minimum absolute atomic E-state index is 0.890. The number of hydrogen-bond acceptors (Lipinski definition) is 1. The van der Waals surface area contributed by atoms with E-state index in [2.05, 4.69) is 0 Å². The molecule has 64 valence electrons. The molecular formula is C10H14NO+. The molecule has 0 aliphatic carbocycles. The molecule has 2 nitrogen and oxygen atoms in total. The van der Waals surface area contributed by atoms with Crippen LogP contribution >= 0.6 is 0 Å². The van der Waals surface area contributed by atoms with Gasteiger partial charge in [0.25, 0.3) is 0 Å². The van der Waals surface area contributed by atoms with Crippen LogP contribution in [0.4, 0.5) is 5.69 Å². The van der Waals surface area contributed by atoms with Crippen LogP contribution in [-0.4, -0.2) is 24.6 Å². The van der Waals surface area contributed by atoms with Crippen molar-refractivity contribution in [2.75, 3.05) is 14.2 Å². The smallest absolute Gasteiger partial charge is 0.338 e. The molecule has 2 heteroatoms. The van der Waals surface area contributed by atoms with E-state index in [-0.39, 0.29) is 0 Å². The van der Waals surface area contributed by atoms with Gasteiger partial charge in [0.15, 0.2) is 0 Å². The lowest BCUT2D eigenvalue weighted by Gasteiger charge is -1.98. The van der Waals surface area contributed by atoms with Crippen LogP contribution < -0.4 is 0 Å². The molecule has 0 radical (unpaired) electrons. The molecule has 1 rings (SSSR count). The fourth-order valence-electron chi connectivity index (χ4n) is 0.970. The number of ether oxygens (including phenoxy) is 1. The van der Waals surface area contributed by atoms with Gasteiger partial charge >= 0.3 is 5.90 Å². The molecule has 0 atom stereocenters. The Labute approximate surface area is 73.1 Å². The van der Waals surface area contributed by atoms with Crippen LogP contribution in [0.15, 0.2) is 30.3 Å². The summed E-state index contributed by atoms with van der Waals surface area (Å²) in [5, 5.41) is 0. The van der Waals surface area contributed by atoms with E-state index in [0.29, 0.717) is 0 Å². The van der Waals surface area contributed by atoms with Crippen LogP contribution in [-0.2, 0) is 4.74 Å². The predicted molar refractivity (Wildman–Crippen MR) is 50.0 cm³/mol. The predicted octanol–water partition coefficient (Wildman–Crippen LogP) is 2.03. The van der Waals surface area contributed by atoms with Crippen molar-refractivity contribution in [2.24, 2.45) is 0 Å². The molecule has 0 saturated heterocycles. The summed E-state index contributed by atoms with van der Waals surface area (Å²) in [6.07, 6.45) is 0. The highest BCUT2D eigenvalue weighted by Gasteiger charge is 2.06. The number of benzene rings is 1. The summed E-state index contributed by atoms with van der Waals surface area (Å²) >= 11 is 0. The Morgan fingerprint density at radius 1 is 1.25 bits per heavy atom. The quantitative estimate of drug-likeness (QED) is 0.351. The van der Waals surface area contributed by atoms with E-state index in [0.717, 1.165) is 11.6 Å². The van der Waals surface area contributed by atoms with Crippen LogP contribution in [0.2, 0.25) is 0 Å². The van der Waals surface area contributed by atoms with Gasteiger partial charge in [-0.05, 0) is 0 Å². The van der Waals surface area contributed by atoms with Crippen LogP contribution in [0.5, 0.6) is 0 Å². The molecule has 0 aromatic heterocycles. The van der Waals surface area contributed by atoms with Crippen molar-refractivity contribution in [2.45, 2.75) is 6.92 Å². The third-order valence-electron chi connectivity index (χ3n) is 1.91. The molecule has 0 saturated carbocycles. The highest BCUT2D eigenvalue weighted by atomic mass is 16.5. The lowest BCUT2D eigenvalue weighted by molar-refractivity contribution is -0.416. The Morgan fingerprint density at radius 2 is 1.83 bits per heavy atom. The summed E-state index contributed by atoms with van der Waals surface area (Å²) in [5.41, 5.74) is 1.14. The first-order valence-corrected chi connectivity index (χ1v) is 3.92. The van der Waals surface area contributed by atoms with Crippen LogP contribution in [0, 0.1) is 0 Å². The van der Waals surface area contributed by atoms with E-state index in [1.54, 1.807) is 7.11 Å². The van der Waals surface area contributed by atoms with Crippen LogP contribution in [0.1, 0.15) is 6.92 Å². The minimum Gasteiger partial charge on any atom is -0.451 e. The summed E-state index contributed by atoms with van der Waals surface area (Å²) in [4.78, 5) is 0. The molecule has 0 amide bonds. The Morgan fingerprint density at radius 3 is 2.33 bits per heavy atom. The van der Waals surface area contributed by atoms with Gasteiger partial charge in [-0.25, -0.2) is 0 Å². The summed E-state index contributed by atoms with van der Waals surface area (Å²) < 4.78 is 7.11. The Kier molecular flexibility index (Phi) is 2.86. The molecule has 0 bridgehead atoms. The van der Waals surface area contributed by atoms with Gasteiger partial charge in [0.1, 0.15) is 7.05 Å². The lowest BCUT2D eigenvalue weighted by atomic mass is 10.3. The van der Waals surface area contributed by atoms with E-state index < -0.39 is 0 Å². The lowest BCUT2D eigenvalue weighted by Crippen LogP contribution is -2.10. The zero-order valence-corrected chi connectivity index (χ0v) is 7.74. The fourth-order valence-corrected chi connectivity index (χ4v) is 0.970. The molecule has 0 N–H and O–H groups in total. The van der Waals surface area contributed by atoms with Gasteiger partial charge in [-0.1, -0.05) is 18.2 Å². The zero-order chi connectivity index (χ0) is 8.97. The van der Waals surface area contributed by atoms with E-state index in [4.69, 9.17) is 4.74 Å². The normalized spacial score (nSPS) is 12.2. The van der Waals surface area contributed by atoms with Gasteiger partial charge in [0, 0.05) is 12.1 Å². The second-order valence-corrected chi connectivity index (χ2v) is 2.62. The van der Waals surface area contributed by atoms with Gasteiger partial charge in [0.2, 0.25) is 5.69 Å². The van der Waals surface area contributed by atoms with Gasteiger partial charge < -0.3 is 4.74 Å². The maximum Gasteiger partial charge on any atom is 0.338 e. The fraction of sp³-hybridized carbons (Fsp3) is 0.300. The summed E-state index contributed by atoms with van der Waals surface area (Å²) in [5.74, 6) is 0.890. The molecule has 1 aromatic carbocycles. The van der Waals surface area contributed by atoms with Crippen molar-refractivity contribution >= 4 is 11.6 Å². The van der Waals surface area contributed by atoms with Crippen molar-refractivity contribution < 1.29 is 9.31 Å². The Hall–Kier alpha value is -1.31. The first-order valence-electron chi connectivity index (χ1n) is 3.92. The van der Waals surface area contributed by atoms with Gasteiger partial charge in [0.05, 0.1) is 14.0 Å². The van der Waals surface area contributed by atoms with Crippen molar-refractivity contribution in [1.82, 2.24) is 0 Å². The SMILES string of the molecule is COC(C)=[N+](C)c1ccccc1. The van der Waals surface area contributed by atoms with Crippen LogP contribution in [0.25, 0.3) is 0 Å². The summed E-state index contributed by atoms with van der Waals surface area (Å²) in [6.45, 7) is 1.94. The molecule has 12 heavy (non-hydrogen) atoms. The number of hydrogen-bond donors (Lipinski definition) is 0. The van der Waals surface area contributed by atoms with Gasteiger partial charge in [-0.3, -0.25) is 0 Å². The summed E-state index contributed by atoms with van der Waals surface area (Å²) in [7, 11) is 3.66. The maximum absolute atomic E-state index is 5.11. The largest absolute Gasteiger partial charge is 0.451 e. The highest BCUT2D eigenvalue weighted by molar-refractivity contribution is 5.68. The average molecular weight is 164 g/mol. The van der Waals surface area contributed by atoms with Crippen molar-refractivity contribution in [3.8, 4) is 0 Å². The second-order valence-electron chi connectivity index (χ2n) is 2.62. The van der Waals surface area contributed by atoms with Gasteiger partial charge in [-0.2, -0.15) is 4.58 Å². The van der Waals surface area contributed by atoms with Gasteiger partial charge in [-0.15, -0.1) is 0 Å². The molecule has 0 aliphatic rings. The second kappa shape index (κ2) is 3.90. The zero-order valence-electron chi connectivity index (χ0n) is 7.74. The van der Waals surface area contributed by atoms with E-state index >= 15 is 0 Å². The average Bonchev–Trinajstić information content (AvgIpc) is 2.17. The van der Waals surface area contributed by atoms with E-state index in [1.807, 2.05) is 48.9 Å². The van der Waals surface area contributed by atoms with E-state index in [9.17, 15) is 0 Å². The molecule has 1 aromatic rings. The van der Waals surface area contributed by atoms with Crippen molar-refractivity contribution in [3.05, 3.63) is 30.3 Å². The Balaban J connectivity index is 3.00. The minimum atomic E-state index is 0.890. The topological polar surface area (TPSA) is 12.2 Å². The molecule has 0 spiro atoms. The number of nitrogens with zero attached hydrogens (tertiary/aromatic N) is 1. The maximum atomic E-state index is 5.11.